The van der Waals surface area contributed by atoms with Crippen LogP contribution in [-0.2, 0) is 18.4 Å². The maximum atomic E-state index is 12.6. The Bertz CT molecular complexity index is 992. The van der Waals surface area contributed by atoms with Crippen LogP contribution >= 0.6 is 7.82 Å². The summed E-state index contributed by atoms with van der Waals surface area (Å²) in [7, 11) is 1.17. The number of phosphoric ester groups is 1. The second kappa shape index (κ2) is 27.0. The molecule has 0 aliphatic carbocycles. The molecule has 0 aliphatic heterocycles. The summed E-state index contributed by atoms with van der Waals surface area (Å²) in [4.78, 5) is 24.9. The van der Waals surface area contributed by atoms with Gasteiger partial charge >= 0.3 is 0 Å². The summed E-state index contributed by atoms with van der Waals surface area (Å²) in [5, 5.41) is 13.5. The molecule has 0 saturated carbocycles. The highest BCUT2D eigenvalue weighted by Gasteiger charge is 2.23. The van der Waals surface area contributed by atoms with Crippen molar-refractivity contribution in [2.75, 3.05) is 40.9 Å². The lowest BCUT2D eigenvalue weighted by Crippen LogP contribution is -2.45. The molecule has 0 bridgehead atoms. The number of rotatable bonds is 26. The molecule has 9 heteroatoms. The monoisotopic (exact) mass is 634 g/mol. The number of carbonyl (C=O) groups is 1. The number of carbonyl (C=O) groups excluding carboxylic acids is 1. The summed E-state index contributed by atoms with van der Waals surface area (Å²) < 4.78 is 22.9. The van der Waals surface area contributed by atoms with Crippen molar-refractivity contribution in [2.24, 2.45) is 0 Å². The molecule has 0 heterocycles. The third-order valence-electron chi connectivity index (χ3n) is 6.17. The molecule has 0 spiro atoms. The van der Waals surface area contributed by atoms with Gasteiger partial charge < -0.3 is 28.8 Å². The Morgan fingerprint density at radius 3 is 1.91 bits per heavy atom. The van der Waals surface area contributed by atoms with Crippen LogP contribution in [0.25, 0.3) is 0 Å². The molecule has 0 saturated heterocycles. The average Bonchev–Trinajstić information content (AvgIpc) is 2.95. The molecule has 0 fully saturated rings. The minimum Gasteiger partial charge on any atom is -0.756 e. The number of aliphatic hydroxyl groups is 1. The van der Waals surface area contributed by atoms with E-state index in [9.17, 15) is 19.4 Å². The maximum Gasteiger partial charge on any atom is 0.268 e. The van der Waals surface area contributed by atoms with Crippen molar-refractivity contribution in [2.45, 2.75) is 90.2 Å². The van der Waals surface area contributed by atoms with E-state index in [4.69, 9.17) is 9.05 Å². The normalized spacial score (nSPS) is 16.1. The first-order valence-corrected chi connectivity index (χ1v) is 17.4. The van der Waals surface area contributed by atoms with Crippen LogP contribution in [0.5, 0.6) is 0 Å². The van der Waals surface area contributed by atoms with E-state index < -0.39 is 26.6 Å². The number of hydrogen-bond donors (Lipinski definition) is 2. The molecule has 0 aromatic carbocycles. The fraction of sp³-hybridized carbons (Fsp3) is 0.571. The Labute approximate surface area is 267 Å². The molecule has 44 heavy (non-hydrogen) atoms. The van der Waals surface area contributed by atoms with Gasteiger partial charge in [0, 0.05) is 6.42 Å². The molecule has 8 nitrogen and oxygen atoms in total. The first-order valence-electron chi connectivity index (χ1n) is 15.9. The molecule has 0 aromatic rings. The second-order valence-corrected chi connectivity index (χ2v) is 12.8. The number of amides is 1. The van der Waals surface area contributed by atoms with E-state index in [2.05, 4.69) is 66.9 Å². The van der Waals surface area contributed by atoms with Crippen molar-refractivity contribution in [3.63, 3.8) is 0 Å². The summed E-state index contributed by atoms with van der Waals surface area (Å²) in [5.74, 6) is -0.302. The summed E-state index contributed by atoms with van der Waals surface area (Å²) in [6.07, 6.45) is 35.3. The fourth-order valence-corrected chi connectivity index (χ4v) is 4.33. The molecule has 250 valence electrons. The molecule has 1 amide bonds. The van der Waals surface area contributed by atoms with Gasteiger partial charge in [-0.3, -0.25) is 9.36 Å². The summed E-state index contributed by atoms with van der Waals surface area (Å²) >= 11 is 0. The number of aliphatic hydroxyl groups excluding tert-OH is 1. The predicted octanol–water partition coefficient (Wildman–Crippen LogP) is 6.87. The van der Waals surface area contributed by atoms with E-state index in [1.54, 1.807) is 6.08 Å². The molecular weight excluding hydrogens is 575 g/mol. The maximum absolute atomic E-state index is 12.6. The molecule has 0 radical (unpaired) electrons. The first kappa shape index (κ1) is 41.7. The van der Waals surface area contributed by atoms with Gasteiger partial charge in [-0.2, -0.15) is 0 Å². The van der Waals surface area contributed by atoms with Crippen molar-refractivity contribution < 1.29 is 32.9 Å². The number of unbranched alkanes of at least 4 members (excludes halogenated alkanes) is 2. The third-order valence-corrected chi connectivity index (χ3v) is 7.14. The topological polar surface area (TPSA) is 108 Å². The van der Waals surface area contributed by atoms with Gasteiger partial charge in [-0.05, 0) is 64.7 Å². The van der Waals surface area contributed by atoms with Crippen LogP contribution in [0, 0.1) is 0 Å². The SMILES string of the molecule is C/C=C/CC/C=C/CC/C=C/C(O)C(COP(=O)([O-])OCC[N+](C)(C)C)NC(=O)CC/C=C\C/C=C\C/C=C\C/C=C\CC. The second-order valence-electron chi connectivity index (χ2n) is 11.4. The van der Waals surface area contributed by atoms with Crippen molar-refractivity contribution >= 4 is 13.7 Å². The molecule has 2 N–H and O–H groups in total. The van der Waals surface area contributed by atoms with E-state index in [0.717, 1.165) is 44.9 Å². The van der Waals surface area contributed by atoms with Gasteiger partial charge in [0.25, 0.3) is 7.82 Å². The van der Waals surface area contributed by atoms with E-state index in [0.29, 0.717) is 23.9 Å². The zero-order chi connectivity index (χ0) is 32.9. The van der Waals surface area contributed by atoms with Gasteiger partial charge in [-0.15, -0.1) is 0 Å². The van der Waals surface area contributed by atoms with Gasteiger partial charge in [0.15, 0.2) is 0 Å². The van der Waals surface area contributed by atoms with Crippen LogP contribution in [0.4, 0.5) is 0 Å². The summed E-state index contributed by atoms with van der Waals surface area (Å²) in [6, 6.07) is -0.947. The summed E-state index contributed by atoms with van der Waals surface area (Å²) in [6.45, 7) is 4.14. The highest BCUT2D eigenvalue weighted by molar-refractivity contribution is 7.45. The lowest BCUT2D eigenvalue weighted by molar-refractivity contribution is -0.870. The average molecular weight is 635 g/mol. The Morgan fingerprint density at radius 2 is 1.34 bits per heavy atom. The Morgan fingerprint density at radius 1 is 0.818 bits per heavy atom. The summed E-state index contributed by atoms with van der Waals surface area (Å²) in [5.41, 5.74) is 0. The lowest BCUT2D eigenvalue weighted by atomic mass is 10.1. The number of nitrogens with zero attached hydrogens (tertiary/aromatic N) is 1. The zero-order valence-electron chi connectivity index (χ0n) is 27.8. The fourth-order valence-electron chi connectivity index (χ4n) is 3.61. The molecule has 0 aromatic heterocycles. The lowest BCUT2D eigenvalue weighted by Gasteiger charge is -2.29. The van der Waals surface area contributed by atoms with Gasteiger partial charge in [-0.1, -0.05) is 92.0 Å². The number of allylic oxidation sites excluding steroid dienone is 13. The van der Waals surface area contributed by atoms with E-state index in [1.165, 1.54) is 0 Å². The molecule has 0 rings (SSSR count). The Hall–Kier alpha value is -2.32. The number of nitrogens with one attached hydrogen (secondary N) is 1. The van der Waals surface area contributed by atoms with Crippen LogP contribution in [0.2, 0.25) is 0 Å². The van der Waals surface area contributed by atoms with Crippen LogP contribution < -0.4 is 10.2 Å². The van der Waals surface area contributed by atoms with Crippen molar-refractivity contribution in [3.8, 4) is 0 Å². The van der Waals surface area contributed by atoms with Gasteiger partial charge in [0.05, 0.1) is 39.9 Å². The third kappa shape index (κ3) is 28.5. The standard InChI is InChI=1S/C35H59N2O6P/c1-6-8-10-12-14-16-17-18-19-21-23-25-27-29-35(39)36-33(32-43-44(40,41)42-31-30-37(3,4)5)34(38)28-26-24-22-20-15-13-11-9-7-2/h7-10,14-16,18-20,23,25-26,28,33-34,38H,6,11-13,17,21-22,24,27,29-32H2,1-5H3,(H-,36,39,40,41)/b9-7+,10-8-,16-14-,19-18-,20-15+,25-23-,28-26+. The van der Waals surface area contributed by atoms with E-state index in [1.807, 2.05) is 52.4 Å². The van der Waals surface area contributed by atoms with E-state index in [-0.39, 0.29) is 18.9 Å². The highest BCUT2D eigenvalue weighted by atomic mass is 31.2. The number of quaternary nitrogens is 1. The first-order chi connectivity index (χ1) is 21.0. The van der Waals surface area contributed by atoms with Crippen molar-refractivity contribution in [1.29, 1.82) is 0 Å². The van der Waals surface area contributed by atoms with Crippen LogP contribution in [0.3, 0.4) is 0 Å². The smallest absolute Gasteiger partial charge is 0.268 e. The number of hydrogen-bond acceptors (Lipinski definition) is 6. The minimum absolute atomic E-state index is 0.0269. The number of likely N-dealkylation sites (N-methyl/N-ethyl adjacent to an activating group) is 1. The Balaban J connectivity index is 4.84. The molecule has 3 unspecified atom stereocenters. The van der Waals surface area contributed by atoms with Gasteiger partial charge in [-0.25, -0.2) is 0 Å². The predicted molar refractivity (Wildman–Crippen MR) is 182 cm³/mol. The van der Waals surface area contributed by atoms with Crippen LogP contribution in [-0.4, -0.2) is 68.5 Å². The quantitative estimate of drug-likeness (QED) is 0.0465. The highest BCUT2D eigenvalue weighted by Crippen LogP contribution is 2.38. The largest absolute Gasteiger partial charge is 0.756 e. The molecule has 3 atom stereocenters. The Kier molecular flexibility index (Phi) is 25.6. The minimum atomic E-state index is -4.60. The van der Waals surface area contributed by atoms with Gasteiger partial charge in [0.2, 0.25) is 5.91 Å². The van der Waals surface area contributed by atoms with Crippen LogP contribution in [0.1, 0.15) is 78.1 Å². The molecular formula is C35H59N2O6P. The number of phosphoric acid groups is 1. The molecule has 0 aliphatic rings. The van der Waals surface area contributed by atoms with Crippen LogP contribution in [0.15, 0.2) is 85.1 Å². The zero-order valence-corrected chi connectivity index (χ0v) is 28.7. The van der Waals surface area contributed by atoms with Gasteiger partial charge in [0.1, 0.15) is 13.2 Å². The van der Waals surface area contributed by atoms with E-state index >= 15 is 0 Å². The van der Waals surface area contributed by atoms with Crippen molar-refractivity contribution in [3.05, 3.63) is 85.1 Å². The van der Waals surface area contributed by atoms with Crippen molar-refractivity contribution in [1.82, 2.24) is 5.32 Å².